The number of nitrogens with zero attached hydrogens (tertiary/aromatic N) is 2. The molecule has 16 heavy (non-hydrogen) atoms. The summed E-state index contributed by atoms with van der Waals surface area (Å²) in [6.07, 6.45) is 6.34. The summed E-state index contributed by atoms with van der Waals surface area (Å²) in [6.45, 7) is 0.616. The van der Waals surface area contributed by atoms with Gasteiger partial charge in [-0.1, -0.05) is 0 Å². The molecule has 2 aromatic rings. The Morgan fingerprint density at radius 3 is 2.75 bits per heavy atom. The Balaban J connectivity index is 0.000000640. The fraction of sp³-hybridized carbons (Fsp3) is 0.364. The van der Waals surface area contributed by atoms with E-state index in [1.165, 1.54) is 29.4 Å². The van der Waals surface area contributed by atoms with Gasteiger partial charge in [-0.05, 0) is 25.0 Å². The van der Waals surface area contributed by atoms with E-state index in [9.17, 15) is 0 Å². The molecular formula is C11H15Cl2N3. The Labute approximate surface area is 107 Å². The van der Waals surface area contributed by atoms with Crippen LogP contribution in [0.2, 0.25) is 0 Å². The van der Waals surface area contributed by atoms with Crippen molar-refractivity contribution in [3.63, 3.8) is 0 Å². The molecule has 0 atom stereocenters. The Morgan fingerprint density at radius 1 is 1.38 bits per heavy atom. The summed E-state index contributed by atoms with van der Waals surface area (Å²) in [4.78, 5) is 4.13. The van der Waals surface area contributed by atoms with Gasteiger partial charge in [-0.25, -0.2) is 0 Å². The number of rotatable bonds is 2. The number of hydrogen-bond donors (Lipinski definition) is 1. The van der Waals surface area contributed by atoms with Crippen LogP contribution in [0.1, 0.15) is 24.6 Å². The Kier molecular flexibility index (Phi) is 4.19. The third-order valence-electron chi connectivity index (χ3n) is 2.84. The van der Waals surface area contributed by atoms with Crippen molar-refractivity contribution in [2.75, 3.05) is 0 Å². The third kappa shape index (κ3) is 2.03. The van der Waals surface area contributed by atoms with Crippen molar-refractivity contribution in [1.82, 2.24) is 9.55 Å². The van der Waals surface area contributed by atoms with Crippen LogP contribution < -0.4 is 5.73 Å². The quantitative estimate of drug-likeness (QED) is 0.902. The van der Waals surface area contributed by atoms with Crippen LogP contribution in [0.4, 0.5) is 0 Å². The molecule has 1 fully saturated rings. The third-order valence-corrected chi connectivity index (χ3v) is 2.84. The van der Waals surface area contributed by atoms with Crippen LogP contribution in [-0.4, -0.2) is 9.55 Å². The molecule has 2 aromatic heterocycles. The number of aromatic nitrogens is 2. The van der Waals surface area contributed by atoms with E-state index in [2.05, 4.69) is 21.7 Å². The Hall–Kier alpha value is -0.770. The van der Waals surface area contributed by atoms with Crippen LogP contribution >= 0.6 is 24.8 Å². The zero-order valence-corrected chi connectivity index (χ0v) is 10.4. The van der Waals surface area contributed by atoms with Crippen LogP contribution in [0, 0.1) is 0 Å². The zero-order valence-electron chi connectivity index (χ0n) is 8.80. The molecule has 3 nitrogen and oxygen atoms in total. The molecule has 5 heteroatoms. The van der Waals surface area contributed by atoms with E-state index in [4.69, 9.17) is 5.73 Å². The lowest BCUT2D eigenvalue weighted by molar-refractivity contribution is 0.721. The van der Waals surface area contributed by atoms with Gasteiger partial charge in [-0.15, -0.1) is 24.8 Å². The van der Waals surface area contributed by atoms with Crippen molar-refractivity contribution < 1.29 is 0 Å². The van der Waals surface area contributed by atoms with Crippen molar-refractivity contribution >= 4 is 35.7 Å². The summed E-state index contributed by atoms with van der Waals surface area (Å²) in [5.41, 5.74) is 8.25. The molecule has 3 rings (SSSR count). The largest absolute Gasteiger partial charge is 0.340 e. The van der Waals surface area contributed by atoms with Crippen molar-refractivity contribution in [1.29, 1.82) is 0 Å². The van der Waals surface area contributed by atoms with Gasteiger partial charge in [-0.3, -0.25) is 4.98 Å². The summed E-state index contributed by atoms with van der Waals surface area (Å²) in [6, 6.07) is 4.92. The minimum atomic E-state index is 0. The van der Waals surface area contributed by atoms with Gasteiger partial charge in [0.25, 0.3) is 0 Å². The molecule has 0 aliphatic heterocycles. The average Bonchev–Trinajstić information content (AvgIpc) is 2.98. The first-order chi connectivity index (χ1) is 6.90. The topological polar surface area (TPSA) is 43.8 Å². The number of pyridine rings is 1. The van der Waals surface area contributed by atoms with Gasteiger partial charge in [-0.2, -0.15) is 0 Å². The Morgan fingerprint density at radius 2 is 2.12 bits per heavy atom. The highest BCUT2D eigenvalue weighted by atomic mass is 35.5. The number of nitrogens with two attached hydrogens (primary N) is 1. The lowest BCUT2D eigenvalue weighted by Crippen LogP contribution is -2.05. The van der Waals surface area contributed by atoms with Crippen molar-refractivity contribution in [2.45, 2.75) is 25.4 Å². The van der Waals surface area contributed by atoms with Gasteiger partial charge in [0.2, 0.25) is 0 Å². The molecule has 0 unspecified atom stereocenters. The van der Waals surface area contributed by atoms with E-state index in [0.717, 1.165) is 0 Å². The van der Waals surface area contributed by atoms with Crippen LogP contribution in [0.5, 0.6) is 0 Å². The minimum absolute atomic E-state index is 0. The van der Waals surface area contributed by atoms with Gasteiger partial charge >= 0.3 is 0 Å². The van der Waals surface area contributed by atoms with Crippen molar-refractivity contribution in [3.8, 4) is 0 Å². The summed E-state index contributed by atoms with van der Waals surface area (Å²) < 4.78 is 2.37. The van der Waals surface area contributed by atoms with E-state index in [1.807, 2.05) is 12.4 Å². The van der Waals surface area contributed by atoms with Gasteiger partial charge < -0.3 is 10.3 Å². The molecular weight excluding hydrogens is 245 g/mol. The van der Waals surface area contributed by atoms with E-state index in [-0.39, 0.29) is 24.8 Å². The summed E-state index contributed by atoms with van der Waals surface area (Å²) in [5, 5.41) is 1.21. The fourth-order valence-electron chi connectivity index (χ4n) is 2.05. The molecule has 0 saturated heterocycles. The first-order valence-electron chi connectivity index (χ1n) is 5.04. The standard InChI is InChI=1S/C11H13N3.2ClH/c12-6-10-5-8-7-13-4-3-11(8)14(10)9-1-2-9;;/h3-5,7,9H,1-2,6,12H2;2*1H. The summed E-state index contributed by atoms with van der Waals surface area (Å²) >= 11 is 0. The lowest BCUT2D eigenvalue weighted by Gasteiger charge is -2.06. The average molecular weight is 260 g/mol. The second-order valence-corrected chi connectivity index (χ2v) is 3.88. The molecule has 1 saturated carbocycles. The molecule has 1 aliphatic carbocycles. The first kappa shape index (κ1) is 13.3. The number of hydrogen-bond acceptors (Lipinski definition) is 2. The van der Waals surface area contributed by atoms with E-state index in [1.54, 1.807) is 0 Å². The molecule has 0 spiro atoms. The highest BCUT2D eigenvalue weighted by Crippen LogP contribution is 2.39. The summed E-state index contributed by atoms with van der Waals surface area (Å²) in [5.74, 6) is 0. The normalized spacial score (nSPS) is 14.3. The fourth-order valence-corrected chi connectivity index (χ4v) is 2.05. The predicted molar refractivity (Wildman–Crippen MR) is 70.4 cm³/mol. The molecule has 2 heterocycles. The molecule has 1 aliphatic rings. The Bertz CT molecular complexity index is 477. The van der Waals surface area contributed by atoms with E-state index >= 15 is 0 Å². The second-order valence-electron chi connectivity index (χ2n) is 3.88. The highest BCUT2D eigenvalue weighted by Gasteiger charge is 2.26. The van der Waals surface area contributed by atoms with Crippen molar-refractivity contribution in [3.05, 3.63) is 30.2 Å². The monoisotopic (exact) mass is 259 g/mol. The van der Waals surface area contributed by atoms with E-state index in [0.29, 0.717) is 12.6 Å². The van der Waals surface area contributed by atoms with Crippen LogP contribution in [0.25, 0.3) is 10.9 Å². The molecule has 0 radical (unpaired) electrons. The molecule has 0 amide bonds. The number of fused-ring (bicyclic) bond motifs is 1. The van der Waals surface area contributed by atoms with Crippen LogP contribution in [0.3, 0.4) is 0 Å². The van der Waals surface area contributed by atoms with Gasteiger partial charge in [0.15, 0.2) is 0 Å². The molecule has 88 valence electrons. The highest BCUT2D eigenvalue weighted by molar-refractivity contribution is 5.85. The maximum atomic E-state index is 5.74. The SMILES string of the molecule is Cl.Cl.NCc1cc2cnccc2n1C1CC1. The van der Waals surface area contributed by atoms with Gasteiger partial charge in [0, 0.05) is 36.1 Å². The maximum absolute atomic E-state index is 5.74. The first-order valence-corrected chi connectivity index (χ1v) is 5.04. The zero-order chi connectivity index (χ0) is 9.54. The van der Waals surface area contributed by atoms with Gasteiger partial charge in [0.05, 0.1) is 5.52 Å². The predicted octanol–water partition coefficient (Wildman–Crippen LogP) is 2.67. The van der Waals surface area contributed by atoms with Crippen LogP contribution in [0.15, 0.2) is 24.5 Å². The number of halogens is 2. The maximum Gasteiger partial charge on any atom is 0.0516 e. The molecule has 0 bridgehead atoms. The van der Waals surface area contributed by atoms with Crippen molar-refractivity contribution in [2.24, 2.45) is 5.73 Å². The lowest BCUT2D eigenvalue weighted by atomic mass is 10.3. The molecule has 0 aromatic carbocycles. The summed E-state index contributed by atoms with van der Waals surface area (Å²) in [7, 11) is 0. The molecule has 2 N–H and O–H groups in total. The smallest absolute Gasteiger partial charge is 0.0516 e. The van der Waals surface area contributed by atoms with Crippen LogP contribution in [-0.2, 0) is 6.54 Å². The second kappa shape index (κ2) is 5.04. The minimum Gasteiger partial charge on any atom is -0.340 e. The van der Waals surface area contributed by atoms with E-state index < -0.39 is 0 Å². The van der Waals surface area contributed by atoms with Gasteiger partial charge in [0.1, 0.15) is 0 Å².